The van der Waals surface area contributed by atoms with Crippen LogP contribution in [0.4, 0.5) is 0 Å². The Morgan fingerprint density at radius 2 is 0.767 bits per heavy atom. The van der Waals surface area contributed by atoms with E-state index in [1.54, 1.807) is 0 Å². The van der Waals surface area contributed by atoms with Gasteiger partial charge < -0.3 is 0 Å². The molecule has 4 aliphatic rings. The summed E-state index contributed by atoms with van der Waals surface area (Å²) in [6.07, 6.45) is 26.4. The van der Waals surface area contributed by atoms with Crippen molar-refractivity contribution in [1.82, 2.24) is 0 Å². The second-order valence-corrected chi connectivity index (χ2v) is 14.9. The van der Waals surface area contributed by atoms with Gasteiger partial charge in [0.2, 0.25) is 0 Å². The van der Waals surface area contributed by atoms with Crippen LogP contribution in [0, 0.1) is 63.2 Å². The molecule has 0 aromatic carbocycles. The molecule has 0 amide bonds. The fraction of sp³-hybridized carbons (Fsp3) is 0.182. The highest BCUT2D eigenvalue weighted by Crippen LogP contribution is 2.64. The number of hydrogen-bond donors (Lipinski definition) is 0. The Bertz CT molecular complexity index is 677. The highest BCUT2D eigenvalue weighted by atomic mass is 32.3. The van der Waals surface area contributed by atoms with Crippen molar-refractivity contribution in [3.63, 3.8) is 0 Å². The van der Waals surface area contributed by atoms with Gasteiger partial charge in [-0.1, -0.05) is 47.0 Å². The van der Waals surface area contributed by atoms with Gasteiger partial charge >= 0.3 is 0 Å². The summed E-state index contributed by atoms with van der Waals surface area (Å²) < 4.78 is 8.44. The fourth-order valence-corrected chi connectivity index (χ4v) is 13.3. The van der Waals surface area contributed by atoms with Gasteiger partial charge in [-0.05, 0) is 87.5 Å². The summed E-state index contributed by atoms with van der Waals surface area (Å²) in [5.41, 5.74) is 2.74. The number of thioether (sulfide) groups is 8. The Kier molecular flexibility index (Phi) is 9.90. The van der Waals surface area contributed by atoms with Gasteiger partial charge in [0.05, 0.1) is 25.4 Å². The predicted molar refractivity (Wildman–Crippen MR) is 153 cm³/mol. The second-order valence-electron chi connectivity index (χ2n) is 6.05. The predicted octanol–water partition coefficient (Wildman–Crippen LogP) is 8.89. The maximum Gasteiger partial charge on any atom is 0.0657 e. The van der Waals surface area contributed by atoms with Crippen LogP contribution in [0.25, 0.3) is 0 Å². The monoisotopic (exact) mass is 540 g/mol. The summed E-state index contributed by atoms with van der Waals surface area (Å²) in [6, 6.07) is 0. The molecule has 0 bridgehead atoms. The molecule has 0 nitrogen and oxygen atoms in total. The van der Waals surface area contributed by atoms with Crippen molar-refractivity contribution in [3.05, 3.63) is 99.8 Å². The Morgan fingerprint density at radius 3 is 1.00 bits per heavy atom. The van der Waals surface area contributed by atoms with Crippen LogP contribution in [0.3, 0.4) is 0 Å². The Hall–Kier alpha value is 1.76. The average Bonchev–Trinajstić information content (AvgIpc) is 3.56. The van der Waals surface area contributed by atoms with Gasteiger partial charge in [-0.25, -0.2) is 0 Å². The minimum absolute atomic E-state index is 1.31. The fourth-order valence-electron chi connectivity index (χ4n) is 3.06. The van der Waals surface area contributed by atoms with Gasteiger partial charge in [0.1, 0.15) is 0 Å². The van der Waals surface area contributed by atoms with Gasteiger partial charge in [0, 0.05) is 11.8 Å². The van der Waals surface area contributed by atoms with Crippen LogP contribution >= 0.6 is 94.1 Å². The Morgan fingerprint density at radius 1 is 0.500 bits per heavy atom. The van der Waals surface area contributed by atoms with E-state index in [1.165, 1.54) is 48.4 Å². The van der Waals surface area contributed by atoms with Crippen LogP contribution in [0.2, 0.25) is 0 Å². The zero-order valence-electron chi connectivity index (χ0n) is 16.9. The number of allylic oxidation sites excluding steroid dienone is 2. The highest BCUT2D eigenvalue weighted by Gasteiger charge is 2.38. The van der Waals surface area contributed by atoms with E-state index in [1.807, 2.05) is 94.1 Å². The average molecular weight is 541 g/mol. The van der Waals surface area contributed by atoms with E-state index in [9.17, 15) is 0 Å². The third-order valence-electron chi connectivity index (χ3n) is 4.38. The highest BCUT2D eigenvalue weighted by molar-refractivity contribution is 8.41. The molecule has 0 aromatic rings. The van der Waals surface area contributed by atoms with Crippen molar-refractivity contribution in [2.75, 3.05) is 25.0 Å². The summed E-state index contributed by atoms with van der Waals surface area (Å²) in [5, 5.41) is 0. The molecule has 8 heteroatoms. The Balaban J connectivity index is 1.80. The standard InChI is InChI=1S/C22H20S8/c1-23-19-20(24-2)28-17(27-19)15(13-9-5-6-10-13)16(14-11-7-8-12-14)18-29-21(25-3)22(26-4)30-18/h5-12H,1-4H3. The molecule has 4 rings (SSSR count). The van der Waals surface area contributed by atoms with Gasteiger partial charge in [0.15, 0.2) is 0 Å². The van der Waals surface area contributed by atoms with Gasteiger partial charge in [-0.3, -0.25) is 0 Å². The maximum absolute atomic E-state index is 2.26. The zero-order valence-corrected chi connectivity index (χ0v) is 23.4. The lowest BCUT2D eigenvalue weighted by molar-refractivity contribution is 1.18. The van der Waals surface area contributed by atoms with Gasteiger partial charge in [0.25, 0.3) is 0 Å². The van der Waals surface area contributed by atoms with Crippen molar-refractivity contribution in [2.45, 2.75) is 0 Å². The quantitative estimate of drug-likeness (QED) is 0.310. The normalized spacial score (nSPS) is 23.6. The van der Waals surface area contributed by atoms with E-state index >= 15 is 0 Å². The van der Waals surface area contributed by atoms with Gasteiger partial charge in [-0.2, -0.15) is 0 Å². The first kappa shape index (κ1) is 24.9. The van der Waals surface area contributed by atoms with E-state index in [4.69, 9.17) is 0 Å². The van der Waals surface area contributed by atoms with Crippen molar-refractivity contribution >= 4 is 94.1 Å². The van der Waals surface area contributed by atoms with Crippen LogP contribution < -0.4 is 0 Å². The summed E-state index contributed by atoms with van der Waals surface area (Å²) >= 11 is 15.2. The van der Waals surface area contributed by atoms with E-state index in [0.717, 1.165) is 0 Å². The van der Waals surface area contributed by atoms with Crippen molar-refractivity contribution in [3.8, 4) is 0 Å². The van der Waals surface area contributed by atoms with E-state index in [2.05, 4.69) is 76.4 Å². The number of rotatable bonds is 7. The molecule has 2 aliphatic heterocycles. The van der Waals surface area contributed by atoms with Crippen LogP contribution in [0.15, 0.2) is 36.6 Å². The molecular weight excluding hydrogens is 521 g/mol. The molecule has 0 atom stereocenters. The lowest BCUT2D eigenvalue weighted by Crippen LogP contribution is -2.10. The van der Waals surface area contributed by atoms with Crippen LogP contribution in [-0.2, 0) is 0 Å². The molecule has 2 heterocycles. The van der Waals surface area contributed by atoms with Gasteiger partial charge in [-0.15, -0.1) is 47.0 Å². The minimum atomic E-state index is 1.31. The van der Waals surface area contributed by atoms with E-state index < -0.39 is 0 Å². The van der Waals surface area contributed by atoms with Crippen molar-refractivity contribution < 1.29 is 0 Å². The second kappa shape index (κ2) is 11.9. The molecule has 2 fully saturated rings. The first-order valence-electron chi connectivity index (χ1n) is 8.99. The van der Waals surface area contributed by atoms with Crippen LogP contribution in [-0.4, -0.2) is 25.0 Å². The zero-order chi connectivity index (χ0) is 21.1. The van der Waals surface area contributed by atoms with Crippen molar-refractivity contribution in [1.29, 1.82) is 0 Å². The topological polar surface area (TPSA) is 0 Å². The first-order valence-corrected chi connectivity index (χ1v) is 17.2. The van der Waals surface area contributed by atoms with Crippen LogP contribution in [0.1, 0.15) is 0 Å². The molecule has 0 spiro atoms. The van der Waals surface area contributed by atoms with E-state index in [0.29, 0.717) is 0 Å². The smallest absolute Gasteiger partial charge is 0.0657 e. The van der Waals surface area contributed by atoms with Crippen molar-refractivity contribution in [2.24, 2.45) is 0 Å². The third kappa shape index (κ3) is 5.36. The largest absolute Gasteiger partial charge is 0.121 e. The summed E-state index contributed by atoms with van der Waals surface area (Å²) in [5.74, 6) is 2.61. The summed E-state index contributed by atoms with van der Waals surface area (Å²) in [4.78, 5) is 0. The van der Waals surface area contributed by atoms with Crippen LogP contribution in [0.5, 0.6) is 0 Å². The molecule has 0 saturated heterocycles. The first-order chi connectivity index (χ1) is 14.7. The third-order valence-corrected chi connectivity index (χ3v) is 14.8. The summed E-state index contributed by atoms with van der Waals surface area (Å²) in [6.45, 7) is 0. The number of hydrogen-bond acceptors (Lipinski definition) is 8. The molecule has 2 aliphatic carbocycles. The molecule has 0 aromatic heterocycles. The lowest BCUT2D eigenvalue weighted by Gasteiger charge is -2.25. The minimum Gasteiger partial charge on any atom is -0.121 e. The molecule has 2 saturated carbocycles. The lowest BCUT2D eigenvalue weighted by atomic mass is 9.85. The molecule has 0 N–H and O–H groups in total. The molecule has 30 heavy (non-hydrogen) atoms. The molecule has 156 valence electrons. The maximum atomic E-state index is 2.26. The summed E-state index contributed by atoms with van der Waals surface area (Å²) in [7, 11) is 0. The molecule has 0 unspecified atom stereocenters. The SMILES string of the molecule is CSC1=C(SC)SC(=C([C]2[CH][CH][CH][CH]2)C([C]2[CH][CH][CH][CH]2)=C2SC(SC)=C(SC)S2)S1. The Labute approximate surface area is 217 Å². The molecule has 10 radical (unpaired) electrons. The molecular formula is C22H20S8. The van der Waals surface area contributed by atoms with E-state index in [-0.39, 0.29) is 0 Å².